The number of anilines is 1. The molecule has 1 spiro atoms. The second-order valence-corrected chi connectivity index (χ2v) is 7.01. The van der Waals surface area contributed by atoms with Crippen LogP contribution in [0, 0.1) is 6.92 Å². The zero-order valence-electron chi connectivity index (χ0n) is 12.1. The first kappa shape index (κ1) is 13.3. The van der Waals surface area contributed by atoms with Gasteiger partial charge in [-0.1, -0.05) is 0 Å². The van der Waals surface area contributed by atoms with Crippen LogP contribution in [-0.2, 0) is 4.74 Å². The Morgan fingerprint density at radius 2 is 2.38 bits per heavy atom. The zero-order valence-corrected chi connectivity index (χ0v) is 12.9. The second kappa shape index (κ2) is 5.14. The molecule has 7 heteroatoms. The van der Waals surface area contributed by atoms with Crippen LogP contribution in [0.2, 0.25) is 0 Å². The van der Waals surface area contributed by atoms with E-state index in [1.54, 1.807) is 4.52 Å². The minimum absolute atomic E-state index is 0.0944. The Hall–Kier alpha value is -1.34. The van der Waals surface area contributed by atoms with Gasteiger partial charge in [0.05, 0.1) is 5.60 Å². The van der Waals surface area contributed by atoms with Crippen LogP contribution in [0.1, 0.15) is 25.1 Å². The summed E-state index contributed by atoms with van der Waals surface area (Å²) in [5.74, 6) is 4.04. The van der Waals surface area contributed by atoms with Gasteiger partial charge in [-0.3, -0.25) is 0 Å². The Morgan fingerprint density at radius 1 is 1.43 bits per heavy atom. The highest BCUT2D eigenvalue weighted by atomic mass is 32.2. The summed E-state index contributed by atoms with van der Waals surface area (Å²) in [6.07, 6.45) is 3.28. The minimum Gasteiger partial charge on any atom is -0.374 e. The molecule has 2 unspecified atom stereocenters. The minimum atomic E-state index is 0.0944. The zero-order chi connectivity index (χ0) is 14.3. The molecule has 2 aromatic heterocycles. The fourth-order valence-corrected chi connectivity index (χ4v) is 4.57. The molecule has 0 amide bonds. The van der Waals surface area contributed by atoms with E-state index < -0.39 is 0 Å². The Kier molecular flexibility index (Phi) is 3.26. The number of ether oxygens (including phenoxy) is 1. The number of aromatic nitrogens is 4. The molecular formula is C14H19N5OS. The lowest BCUT2D eigenvalue weighted by Gasteiger charge is -2.38. The van der Waals surface area contributed by atoms with Crippen molar-refractivity contribution < 1.29 is 4.74 Å². The predicted octanol–water partition coefficient (Wildman–Crippen LogP) is 1.90. The molecule has 4 heterocycles. The lowest BCUT2D eigenvalue weighted by molar-refractivity contribution is -0.0628. The van der Waals surface area contributed by atoms with Crippen molar-refractivity contribution in [1.82, 2.24) is 19.8 Å². The summed E-state index contributed by atoms with van der Waals surface area (Å²) in [5, 5.41) is 16.2. The molecule has 2 aromatic rings. The summed E-state index contributed by atoms with van der Waals surface area (Å²) in [7, 11) is 0. The normalized spacial score (nSPS) is 29.3. The van der Waals surface area contributed by atoms with Crippen molar-refractivity contribution in [2.45, 2.75) is 37.8 Å². The quantitative estimate of drug-likeness (QED) is 0.914. The topological polar surface area (TPSA) is 64.3 Å². The highest BCUT2D eigenvalue weighted by molar-refractivity contribution is 7.99. The van der Waals surface area contributed by atoms with Gasteiger partial charge in [0.25, 0.3) is 0 Å². The lowest BCUT2D eigenvalue weighted by Crippen LogP contribution is -2.44. The average Bonchev–Trinajstić information content (AvgIpc) is 3.07. The molecule has 112 valence electrons. The summed E-state index contributed by atoms with van der Waals surface area (Å²) < 4.78 is 7.85. The molecule has 2 aliphatic rings. The van der Waals surface area contributed by atoms with E-state index in [-0.39, 0.29) is 5.60 Å². The van der Waals surface area contributed by atoms with Gasteiger partial charge in [-0.2, -0.15) is 16.3 Å². The Bertz CT molecular complexity index is 652. The fourth-order valence-electron chi connectivity index (χ4n) is 3.20. The maximum Gasteiger partial charge on any atom is 0.178 e. The molecule has 2 aliphatic heterocycles. The largest absolute Gasteiger partial charge is 0.374 e. The summed E-state index contributed by atoms with van der Waals surface area (Å²) in [5.41, 5.74) is 0.880. The molecule has 2 fully saturated rings. The van der Waals surface area contributed by atoms with Gasteiger partial charge in [0, 0.05) is 18.4 Å². The molecular weight excluding hydrogens is 286 g/mol. The van der Waals surface area contributed by atoms with Crippen LogP contribution in [0.25, 0.3) is 5.65 Å². The number of hydrogen-bond acceptors (Lipinski definition) is 6. The molecule has 0 bridgehead atoms. The molecule has 0 saturated carbocycles. The molecule has 2 saturated heterocycles. The Morgan fingerprint density at radius 3 is 3.24 bits per heavy atom. The van der Waals surface area contributed by atoms with Crippen LogP contribution in [0.3, 0.4) is 0 Å². The van der Waals surface area contributed by atoms with E-state index in [4.69, 9.17) is 4.74 Å². The lowest BCUT2D eigenvalue weighted by atomic mass is 9.90. The highest BCUT2D eigenvalue weighted by Gasteiger charge is 2.40. The number of rotatable bonds is 2. The molecule has 21 heavy (non-hydrogen) atoms. The third-order valence-corrected chi connectivity index (χ3v) is 5.55. The van der Waals surface area contributed by atoms with E-state index in [1.807, 2.05) is 30.8 Å². The van der Waals surface area contributed by atoms with Gasteiger partial charge < -0.3 is 10.1 Å². The third kappa shape index (κ3) is 2.48. The molecule has 6 nitrogen and oxygen atoms in total. The van der Waals surface area contributed by atoms with Crippen LogP contribution in [0.5, 0.6) is 0 Å². The van der Waals surface area contributed by atoms with E-state index in [9.17, 15) is 0 Å². The number of nitrogens with zero attached hydrogens (tertiary/aromatic N) is 4. The van der Waals surface area contributed by atoms with E-state index in [0.29, 0.717) is 6.04 Å². The number of aryl methyl sites for hydroxylation is 1. The number of hydrogen-bond donors (Lipinski definition) is 1. The predicted molar refractivity (Wildman–Crippen MR) is 82.8 cm³/mol. The van der Waals surface area contributed by atoms with E-state index in [2.05, 4.69) is 20.6 Å². The smallest absolute Gasteiger partial charge is 0.178 e. The number of thioether (sulfide) groups is 1. The van der Waals surface area contributed by atoms with Gasteiger partial charge in [0.15, 0.2) is 11.5 Å². The molecule has 0 radical (unpaired) electrons. The van der Waals surface area contributed by atoms with Crippen LogP contribution in [-0.4, -0.2) is 49.6 Å². The summed E-state index contributed by atoms with van der Waals surface area (Å²) in [6, 6.07) is 4.37. The number of nitrogens with one attached hydrogen (secondary N) is 1. The van der Waals surface area contributed by atoms with E-state index in [0.717, 1.165) is 42.5 Å². The van der Waals surface area contributed by atoms with Gasteiger partial charge in [-0.05, 0) is 44.1 Å². The highest BCUT2D eigenvalue weighted by Crippen LogP contribution is 2.38. The van der Waals surface area contributed by atoms with Crippen molar-refractivity contribution in [3.63, 3.8) is 0 Å². The van der Waals surface area contributed by atoms with Crippen molar-refractivity contribution >= 4 is 23.2 Å². The van der Waals surface area contributed by atoms with Crippen molar-refractivity contribution in [2.75, 3.05) is 23.4 Å². The molecule has 0 aromatic carbocycles. The fraction of sp³-hybridized carbons (Fsp3) is 0.643. The summed E-state index contributed by atoms with van der Waals surface area (Å²) in [6.45, 7) is 2.75. The first-order valence-corrected chi connectivity index (χ1v) is 8.57. The molecule has 4 rings (SSSR count). The van der Waals surface area contributed by atoms with Crippen LogP contribution < -0.4 is 5.32 Å². The van der Waals surface area contributed by atoms with Gasteiger partial charge in [-0.15, -0.1) is 15.3 Å². The van der Waals surface area contributed by atoms with Crippen molar-refractivity contribution in [3.05, 3.63) is 18.0 Å². The molecule has 0 aliphatic carbocycles. The second-order valence-electron chi connectivity index (χ2n) is 5.90. The van der Waals surface area contributed by atoms with Crippen molar-refractivity contribution in [2.24, 2.45) is 0 Å². The third-order valence-electron chi connectivity index (χ3n) is 4.33. The molecule has 1 N–H and O–H groups in total. The first-order valence-electron chi connectivity index (χ1n) is 7.41. The molecule has 2 atom stereocenters. The SMILES string of the molecule is Cc1nnc2ccc(NC3CCOC4(CCSC4)C3)nn12. The van der Waals surface area contributed by atoms with Crippen LogP contribution >= 0.6 is 11.8 Å². The summed E-state index contributed by atoms with van der Waals surface area (Å²) in [4.78, 5) is 0. The van der Waals surface area contributed by atoms with Crippen molar-refractivity contribution in [3.8, 4) is 0 Å². The van der Waals surface area contributed by atoms with Gasteiger partial charge >= 0.3 is 0 Å². The van der Waals surface area contributed by atoms with Gasteiger partial charge in [0.2, 0.25) is 0 Å². The van der Waals surface area contributed by atoms with E-state index in [1.165, 1.54) is 12.2 Å². The Balaban J connectivity index is 1.52. The van der Waals surface area contributed by atoms with Crippen LogP contribution in [0.4, 0.5) is 5.82 Å². The summed E-state index contributed by atoms with van der Waals surface area (Å²) >= 11 is 2.00. The maximum absolute atomic E-state index is 6.06. The standard InChI is InChI=1S/C14H19N5OS/c1-10-16-17-13-3-2-12(18-19(10)13)15-11-4-6-20-14(8-11)5-7-21-9-14/h2-3,11H,4-9H2,1H3,(H,15,18). The average molecular weight is 305 g/mol. The van der Waals surface area contributed by atoms with Crippen molar-refractivity contribution in [1.29, 1.82) is 0 Å². The number of fused-ring (bicyclic) bond motifs is 1. The van der Waals surface area contributed by atoms with Gasteiger partial charge in [-0.25, -0.2) is 0 Å². The maximum atomic E-state index is 6.06. The first-order chi connectivity index (χ1) is 10.2. The monoisotopic (exact) mass is 305 g/mol. The Labute approximate surface area is 127 Å². The van der Waals surface area contributed by atoms with Crippen LogP contribution in [0.15, 0.2) is 12.1 Å². The van der Waals surface area contributed by atoms with E-state index >= 15 is 0 Å². The van der Waals surface area contributed by atoms with Gasteiger partial charge in [0.1, 0.15) is 5.82 Å².